The number of carbonyl (C=O) groups is 1. The molecular formula is C22H32N4O2. The Balaban J connectivity index is 1.56. The van der Waals surface area contributed by atoms with E-state index in [2.05, 4.69) is 29.2 Å². The first-order valence-corrected chi connectivity index (χ1v) is 10.4. The van der Waals surface area contributed by atoms with Crippen molar-refractivity contribution in [2.75, 3.05) is 32.8 Å². The summed E-state index contributed by atoms with van der Waals surface area (Å²) in [5.74, 6) is 0.635. The number of nitrogens with zero attached hydrogens (tertiary/aromatic N) is 3. The molecule has 6 heteroatoms. The maximum atomic E-state index is 12.6. The molecule has 1 saturated heterocycles. The number of benzene rings is 1. The lowest BCUT2D eigenvalue weighted by Crippen LogP contribution is -2.52. The van der Waals surface area contributed by atoms with Crippen molar-refractivity contribution in [3.05, 3.63) is 48.3 Å². The second-order valence-corrected chi connectivity index (χ2v) is 7.40. The number of para-hydroxylation sites is 1. The first-order chi connectivity index (χ1) is 13.7. The van der Waals surface area contributed by atoms with E-state index in [1.165, 1.54) is 0 Å². The van der Waals surface area contributed by atoms with Crippen LogP contribution in [-0.2, 0) is 16.0 Å². The smallest absolute Gasteiger partial charge is 0.224 e. The van der Waals surface area contributed by atoms with Crippen molar-refractivity contribution in [3.8, 4) is 5.69 Å². The summed E-state index contributed by atoms with van der Waals surface area (Å²) in [4.78, 5) is 15.0. The fourth-order valence-electron chi connectivity index (χ4n) is 3.98. The Morgan fingerprint density at radius 1 is 1.18 bits per heavy atom. The van der Waals surface area contributed by atoms with E-state index in [4.69, 9.17) is 4.74 Å². The van der Waals surface area contributed by atoms with E-state index in [9.17, 15) is 4.79 Å². The monoisotopic (exact) mass is 384 g/mol. The van der Waals surface area contributed by atoms with Gasteiger partial charge in [0.25, 0.3) is 0 Å². The van der Waals surface area contributed by atoms with Crippen LogP contribution in [0.25, 0.3) is 5.69 Å². The summed E-state index contributed by atoms with van der Waals surface area (Å²) in [5, 5.41) is 7.55. The van der Waals surface area contributed by atoms with Crippen molar-refractivity contribution in [2.24, 2.45) is 5.92 Å². The van der Waals surface area contributed by atoms with Gasteiger partial charge in [-0.25, -0.2) is 4.68 Å². The van der Waals surface area contributed by atoms with Gasteiger partial charge in [-0.1, -0.05) is 44.9 Å². The zero-order chi connectivity index (χ0) is 19.8. The molecule has 1 unspecified atom stereocenters. The second-order valence-electron chi connectivity index (χ2n) is 7.40. The third-order valence-corrected chi connectivity index (χ3v) is 5.64. The molecule has 3 rings (SSSR count). The number of amides is 1. The van der Waals surface area contributed by atoms with Gasteiger partial charge < -0.3 is 10.1 Å². The molecule has 1 N–H and O–H groups in total. The summed E-state index contributed by atoms with van der Waals surface area (Å²) in [5.41, 5.74) is 1.92. The fourth-order valence-corrected chi connectivity index (χ4v) is 3.98. The highest BCUT2D eigenvalue weighted by Gasteiger charge is 2.27. The summed E-state index contributed by atoms with van der Waals surface area (Å²) in [6.45, 7) is 8.62. The topological polar surface area (TPSA) is 59.4 Å². The molecule has 0 aliphatic carbocycles. The predicted molar refractivity (Wildman–Crippen MR) is 111 cm³/mol. The van der Waals surface area contributed by atoms with Crippen molar-refractivity contribution >= 4 is 5.91 Å². The van der Waals surface area contributed by atoms with Gasteiger partial charge in [-0.15, -0.1) is 0 Å². The molecule has 0 saturated carbocycles. The van der Waals surface area contributed by atoms with Crippen LogP contribution in [0.15, 0.2) is 42.7 Å². The molecular weight excluding hydrogens is 352 g/mol. The van der Waals surface area contributed by atoms with Crippen LogP contribution in [0, 0.1) is 5.92 Å². The van der Waals surface area contributed by atoms with E-state index < -0.39 is 0 Å². The van der Waals surface area contributed by atoms with Gasteiger partial charge in [0.1, 0.15) is 0 Å². The molecule has 1 aliphatic rings. The van der Waals surface area contributed by atoms with Crippen LogP contribution in [0.2, 0.25) is 0 Å². The third kappa shape index (κ3) is 5.42. The molecule has 152 valence electrons. The number of ether oxygens (including phenoxy) is 1. The number of nitrogens with one attached hydrogen (secondary N) is 1. The summed E-state index contributed by atoms with van der Waals surface area (Å²) in [7, 11) is 0. The van der Waals surface area contributed by atoms with Crippen molar-refractivity contribution in [1.29, 1.82) is 0 Å². The summed E-state index contributed by atoms with van der Waals surface area (Å²) < 4.78 is 7.31. The molecule has 1 aromatic carbocycles. The van der Waals surface area contributed by atoms with Crippen molar-refractivity contribution in [1.82, 2.24) is 20.0 Å². The van der Waals surface area contributed by atoms with Gasteiger partial charge in [0.05, 0.1) is 31.5 Å². The minimum atomic E-state index is 0.0526. The van der Waals surface area contributed by atoms with Crippen LogP contribution in [0.4, 0.5) is 0 Å². The van der Waals surface area contributed by atoms with Crippen molar-refractivity contribution in [2.45, 2.75) is 39.2 Å². The Labute approximate surface area is 167 Å². The van der Waals surface area contributed by atoms with Gasteiger partial charge in [0, 0.05) is 31.9 Å². The Kier molecular flexibility index (Phi) is 7.62. The number of carbonyl (C=O) groups excluding carboxylic acids is 1. The van der Waals surface area contributed by atoms with Crippen molar-refractivity contribution < 1.29 is 9.53 Å². The molecule has 1 fully saturated rings. The van der Waals surface area contributed by atoms with Gasteiger partial charge >= 0.3 is 0 Å². The molecule has 2 aromatic rings. The zero-order valence-corrected chi connectivity index (χ0v) is 17.0. The molecule has 28 heavy (non-hydrogen) atoms. The van der Waals surface area contributed by atoms with E-state index in [1.54, 1.807) is 6.20 Å². The second kappa shape index (κ2) is 10.4. The normalized spacial score (nSPS) is 16.2. The van der Waals surface area contributed by atoms with Gasteiger partial charge in [0.2, 0.25) is 5.91 Å². The Morgan fingerprint density at radius 3 is 2.57 bits per heavy atom. The molecule has 1 aromatic heterocycles. The number of aromatic nitrogens is 2. The first-order valence-electron chi connectivity index (χ1n) is 10.4. The molecule has 0 spiro atoms. The summed E-state index contributed by atoms with van der Waals surface area (Å²) in [6.07, 6.45) is 6.30. The number of hydrogen-bond acceptors (Lipinski definition) is 4. The maximum Gasteiger partial charge on any atom is 0.224 e. The average Bonchev–Trinajstić information content (AvgIpc) is 3.21. The summed E-state index contributed by atoms with van der Waals surface area (Å²) >= 11 is 0. The van der Waals surface area contributed by atoms with Crippen LogP contribution in [0.1, 0.15) is 32.3 Å². The molecule has 6 nitrogen and oxygen atoms in total. The molecule has 1 atom stereocenters. The number of rotatable bonds is 9. The standard InChI is InChI=1S/C22H32N4O2/c1-3-19(4-2)21(25-10-12-28-13-11-25)16-23-22(27)14-18-15-24-26(17-18)20-8-6-5-7-9-20/h5-9,15,17,19,21H,3-4,10-14,16H2,1-2H3,(H,23,27). The van der Waals surface area contributed by atoms with Crippen molar-refractivity contribution in [3.63, 3.8) is 0 Å². The van der Waals surface area contributed by atoms with Crippen LogP contribution in [-0.4, -0.2) is 59.5 Å². The Morgan fingerprint density at radius 2 is 1.89 bits per heavy atom. The molecule has 1 amide bonds. The molecule has 1 aliphatic heterocycles. The van der Waals surface area contributed by atoms with Crippen LogP contribution in [0.3, 0.4) is 0 Å². The van der Waals surface area contributed by atoms with E-state index in [1.807, 2.05) is 41.2 Å². The minimum absolute atomic E-state index is 0.0526. The lowest BCUT2D eigenvalue weighted by Gasteiger charge is -2.38. The number of morpholine rings is 1. The molecule has 2 heterocycles. The highest BCUT2D eigenvalue weighted by atomic mass is 16.5. The van der Waals surface area contributed by atoms with E-state index in [-0.39, 0.29) is 5.91 Å². The Hall–Kier alpha value is -2.18. The van der Waals surface area contributed by atoms with E-state index in [0.717, 1.165) is 50.4 Å². The maximum absolute atomic E-state index is 12.6. The van der Waals surface area contributed by atoms with Gasteiger partial charge in [-0.2, -0.15) is 5.10 Å². The fraction of sp³-hybridized carbons (Fsp3) is 0.545. The minimum Gasteiger partial charge on any atom is -0.379 e. The number of hydrogen-bond donors (Lipinski definition) is 1. The highest BCUT2D eigenvalue weighted by molar-refractivity contribution is 5.78. The molecule has 0 bridgehead atoms. The SMILES string of the molecule is CCC(CC)C(CNC(=O)Cc1cnn(-c2ccccc2)c1)N1CCOCC1. The predicted octanol–water partition coefficient (Wildman–Crippen LogP) is 2.67. The first kappa shape index (κ1) is 20.6. The van der Waals surface area contributed by atoms with Crippen LogP contribution >= 0.6 is 0 Å². The average molecular weight is 385 g/mol. The highest BCUT2D eigenvalue weighted by Crippen LogP contribution is 2.19. The zero-order valence-electron chi connectivity index (χ0n) is 17.0. The van der Waals surface area contributed by atoms with Crippen LogP contribution < -0.4 is 5.32 Å². The van der Waals surface area contributed by atoms with Gasteiger partial charge in [0.15, 0.2) is 0 Å². The van der Waals surface area contributed by atoms with Gasteiger partial charge in [-0.3, -0.25) is 9.69 Å². The van der Waals surface area contributed by atoms with Gasteiger partial charge in [-0.05, 0) is 23.6 Å². The van der Waals surface area contributed by atoms with E-state index in [0.29, 0.717) is 24.9 Å². The quantitative estimate of drug-likeness (QED) is 0.722. The lowest BCUT2D eigenvalue weighted by molar-refractivity contribution is -0.121. The largest absolute Gasteiger partial charge is 0.379 e. The lowest BCUT2D eigenvalue weighted by atomic mass is 9.92. The van der Waals surface area contributed by atoms with E-state index >= 15 is 0 Å². The van der Waals surface area contributed by atoms with Crippen LogP contribution in [0.5, 0.6) is 0 Å². The Bertz CT molecular complexity index is 721. The molecule has 0 radical (unpaired) electrons. The summed E-state index contributed by atoms with van der Waals surface area (Å²) in [6, 6.07) is 10.3. The third-order valence-electron chi connectivity index (χ3n) is 5.64.